The van der Waals surface area contributed by atoms with E-state index in [9.17, 15) is 0 Å². The van der Waals surface area contributed by atoms with E-state index in [-0.39, 0.29) is 0 Å². The largest absolute Gasteiger partial charge is 0.454 e. The number of benzene rings is 2. The number of hydrogen-bond donors (Lipinski definition) is 0. The molecule has 5 rings (SSSR count). The van der Waals surface area contributed by atoms with Gasteiger partial charge in [-0.05, 0) is 50.2 Å². The molecule has 1 aliphatic carbocycles. The van der Waals surface area contributed by atoms with Crippen molar-refractivity contribution in [2.75, 3.05) is 4.90 Å². The van der Waals surface area contributed by atoms with Crippen molar-refractivity contribution in [2.45, 2.75) is 77.8 Å². The lowest BCUT2D eigenvalue weighted by Crippen LogP contribution is -2.49. The van der Waals surface area contributed by atoms with E-state index in [4.69, 9.17) is 4.42 Å². The molecule has 2 heteroatoms. The number of furan rings is 1. The van der Waals surface area contributed by atoms with Crippen molar-refractivity contribution in [3.63, 3.8) is 0 Å². The third kappa shape index (κ3) is 2.38. The first-order valence-corrected chi connectivity index (χ1v) is 10.6. The zero-order valence-electron chi connectivity index (χ0n) is 17.1. The van der Waals surface area contributed by atoms with Gasteiger partial charge in [0.15, 0.2) is 5.58 Å². The van der Waals surface area contributed by atoms with Crippen molar-refractivity contribution >= 4 is 27.6 Å². The Morgan fingerprint density at radius 3 is 2.48 bits per heavy atom. The lowest BCUT2D eigenvalue weighted by Gasteiger charge is -2.45. The molecule has 2 aliphatic rings. The predicted molar refractivity (Wildman–Crippen MR) is 115 cm³/mol. The first-order valence-electron chi connectivity index (χ1n) is 10.6. The van der Waals surface area contributed by atoms with Crippen molar-refractivity contribution in [3.8, 4) is 0 Å². The van der Waals surface area contributed by atoms with Crippen LogP contribution in [0.1, 0.15) is 64.9 Å². The summed E-state index contributed by atoms with van der Waals surface area (Å²) in [5.74, 6) is 0. The van der Waals surface area contributed by atoms with Crippen molar-refractivity contribution < 1.29 is 4.42 Å². The van der Waals surface area contributed by atoms with Gasteiger partial charge in [0.25, 0.3) is 0 Å². The van der Waals surface area contributed by atoms with E-state index >= 15 is 0 Å². The fraction of sp³-hybridized carbons (Fsp3) is 0.520. The molecule has 27 heavy (non-hydrogen) atoms. The zero-order valence-corrected chi connectivity index (χ0v) is 17.1. The van der Waals surface area contributed by atoms with Crippen LogP contribution in [-0.4, -0.2) is 11.6 Å². The molecule has 0 N–H and O–H groups in total. The zero-order chi connectivity index (χ0) is 18.8. The molecule has 0 bridgehead atoms. The molecule has 1 aromatic heterocycles. The highest BCUT2D eigenvalue weighted by atomic mass is 16.3. The Hall–Kier alpha value is -1.96. The van der Waals surface area contributed by atoms with Crippen molar-refractivity contribution in [1.82, 2.24) is 0 Å². The van der Waals surface area contributed by atoms with Crippen LogP contribution in [0.3, 0.4) is 0 Å². The fourth-order valence-electron chi connectivity index (χ4n) is 6.07. The third-order valence-electron chi connectivity index (χ3n) is 7.56. The molecule has 2 fully saturated rings. The molecule has 1 spiro atoms. The Labute approximate surface area is 162 Å². The van der Waals surface area contributed by atoms with E-state index < -0.39 is 0 Å². The van der Waals surface area contributed by atoms with Gasteiger partial charge in [0.2, 0.25) is 0 Å². The second-order valence-corrected chi connectivity index (χ2v) is 9.70. The summed E-state index contributed by atoms with van der Waals surface area (Å²) in [6, 6.07) is 13.5. The number of fused-ring (bicyclic) bond motifs is 3. The maximum absolute atomic E-state index is 6.49. The summed E-state index contributed by atoms with van der Waals surface area (Å²) in [5.41, 5.74) is 5.39. The van der Waals surface area contributed by atoms with Crippen LogP contribution in [0.25, 0.3) is 21.9 Å². The molecule has 142 valence electrons. The molecular formula is C25H31NO. The number of rotatable bonds is 1. The first kappa shape index (κ1) is 17.2. The normalized spacial score (nSPS) is 24.3. The number of nitrogens with zero attached hydrogens (tertiary/aromatic N) is 1. The molecule has 1 aliphatic heterocycles. The van der Waals surface area contributed by atoms with E-state index in [2.05, 4.69) is 69.0 Å². The number of anilines is 1. The molecule has 3 aromatic rings. The van der Waals surface area contributed by atoms with Crippen molar-refractivity contribution in [3.05, 3.63) is 42.0 Å². The summed E-state index contributed by atoms with van der Waals surface area (Å²) in [5, 5.41) is 2.49. The summed E-state index contributed by atoms with van der Waals surface area (Å²) in [6.07, 6.45) is 8.02. The number of hydrogen-bond acceptors (Lipinski definition) is 2. The second kappa shape index (κ2) is 5.77. The van der Waals surface area contributed by atoms with Crippen LogP contribution in [-0.2, 0) is 0 Å². The van der Waals surface area contributed by atoms with Crippen LogP contribution in [0, 0.1) is 12.3 Å². The highest BCUT2D eigenvalue weighted by molar-refractivity contribution is 6.09. The average molecular weight is 362 g/mol. The SMILES string of the molecule is Cc1ccc2c(oc3ccccc32)c1N1[C@@H](C)C(C)(C)CC12CCCCC2. The monoisotopic (exact) mass is 361 g/mol. The molecule has 1 atom stereocenters. The Kier molecular flexibility index (Phi) is 3.67. The molecule has 0 unspecified atom stereocenters. The van der Waals surface area contributed by atoms with Crippen molar-refractivity contribution in [1.29, 1.82) is 0 Å². The lowest BCUT2D eigenvalue weighted by molar-refractivity contribution is 0.260. The lowest BCUT2D eigenvalue weighted by atomic mass is 9.74. The molecule has 0 amide bonds. The topological polar surface area (TPSA) is 16.4 Å². The van der Waals surface area contributed by atoms with E-state index in [1.807, 2.05) is 0 Å². The Bertz CT molecular complexity index is 1010. The third-order valence-corrected chi connectivity index (χ3v) is 7.56. The summed E-state index contributed by atoms with van der Waals surface area (Å²) in [4.78, 5) is 2.80. The molecular weight excluding hydrogens is 330 g/mol. The first-order chi connectivity index (χ1) is 12.9. The smallest absolute Gasteiger partial charge is 0.158 e. The van der Waals surface area contributed by atoms with Crippen LogP contribution in [0.15, 0.2) is 40.8 Å². The molecule has 2 aromatic carbocycles. The van der Waals surface area contributed by atoms with Crippen LogP contribution < -0.4 is 4.90 Å². The van der Waals surface area contributed by atoms with Crippen LogP contribution in [0.5, 0.6) is 0 Å². The van der Waals surface area contributed by atoms with E-state index in [0.717, 1.165) is 11.2 Å². The summed E-state index contributed by atoms with van der Waals surface area (Å²) < 4.78 is 6.49. The number of para-hydroxylation sites is 1. The van der Waals surface area contributed by atoms with Gasteiger partial charge in [-0.15, -0.1) is 0 Å². The molecule has 0 radical (unpaired) electrons. The maximum atomic E-state index is 6.49. The van der Waals surface area contributed by atoms with Gasteiger partial charge >= 0.3 is 0 Å². The van der Waals surface area contributed by atoms with Crippen LogP contribution in [0.2, 0.25) is 0 Å². The molecule has 2 heterocycles. The van der Waals surface area contributed by atoms with Crippen molar-refractivity contribution in [2.24, 2.45) is 5.41 Å². The number of aryl methyl sites for hydroxylation is 1. The van der Waals surface area contributed by atoms with Gasteiger partial charge in [0.1, 0.15) is 5.58 Å². The average Bonchev–Trinajstić information content (AvgIpc) is 3.10. The van der Waals surface area contributed by atoms with Gasteiger partial charge in [-0.25, -0.2) is 0 Å². The van der Waals surface area contributed by atoms with Gasteiger partial charge in [0, 0.05) is 22.4 Å². The van der Waals surface area contributed by atoms with Gasteiger partial charge in [-0.1, -0.05) is 63.4 Å². The van der Waals surface area contributed by atoms with Gasteiger partial charge in [-0.2, -0.15) is 0 Å². The maximum Gasteiger partial charge on any atom is 0.158 e. The standard InChI is InChI=1S/C25H31NO/c1-17-12-13-20-19-10-6-7-11-21(19)27-23(20)22(17)26-18(2)24(3,4)16-25(26)14-8-5-9-15-25/h6-7,10-13,18H,5,8-9,14-16H2,1-4H3/t18-/m0/s1. The summed E-state index contributed by atoms with van der Waals surface area (Å²) >= 11 is 0. The minimum atomic E-state index is 0.291. The minimum Gasteiger partial charge on any atom is -0.454 e. The van der Waals surface area contributed by atoms with Crippen LogP contribution in [0.4, 0.5) is 5.69 Å². The van der Waals surface area contributed by atoms with Gasteiger partial charge in [0.05, 0.1) is 5.69 Å². The molecule has 2 nitrogen and oxygen atoms in total. The second-order valence-electron chi connectivity index (χ2n) is 9.70. The summed E-state index contributed by atoms with van der Waals surface area (Å²) in [7, 11) is 0. The van der Waals surface area contributed by atoms with E-state index in [0.29, 0.717) is 17.0 Å². The predicted octanol–water partition coefficient (Wildman–Crippen LogP) is 7.22. The Balaban J connectivity index is 1.79. The Morgan fingerprint density at radius 1 is 0.963 bits per heavy atom. The highest BCUT2D eigenvalue weighted by Crippen LogP contribution is 2.56. The summed E-state index contributed by atoms with van der Waals surface area (Å²) in [6.45, 7) is 9.62. The van der Waals surface area contributed by atoms with E-state index in [1.54, 1.807) is 0 Å². The van der Waals surface area contributed by atoms with E-state index in [1.165, 1.54) is 60.5 Å². The Morgan fingerprint density at radius 2 is 1.70 bits per heavy atom. The highest BCUT2D eigenvalue weighted by Gasteiger charge is 2.54. The molecule has 1 saturated carbocycles. The minimum absolute atomic E-state index is 0.291. The van der Waals surface area contributed by atoms with Gasteiger partial charge in [-0.3, -0.25) is 0 Å². The molecule has 1 saturated heterocycles. The quantitative estimate of drug-likeness (QED) is 0.455. The van der Waals surface area contributed by atoms with Gasteiger partial charge < -0.3 is 9.32 Å². The fourth-order valence-corrected chi connectivity index (χ4v) is 6.07. The van der Waals surface area contributed by atoms with Crippen LogP contribution >= 0.6 is 0 Å².